The van der Waals surface area contributed by atoms with Crippen molar-refractivity contribution in [2.75, 3.05) is 7.11 Å². The zero-order chi connectivity index (χ0) is 18.0. The number of hydrogen-bond donors (Lipinski definition) is 0. The van der Waals surface area contributed by atoms with Crippen LogP contribution >= 0.6 is 0 Å². The molecule has 0 atom stereocenters. The van der Waals surface area contributed by atoms with Crippen LogP contribution in [0.1, 0.15) is 18.1 Å². The molecule has 0 saturated carbocycles. The second-order valence-electron chi connectivity index (χ2n) is 5.71. The van der Waals surface area contributed by atoms with Gasteiger partial charge in [0.15, 0.2) is 0 Å². The highest BCUT2D eigenvalue weighted by atomic mass is 19.3. The summed E-state index contributed by atoms with van der Waals surface area (Å²) in [7, 11) is 1.56. The second-order valence-corrected chi connectivity index (χ2v) is 5.71. The molecule has 0 fully saturated rings. The number of ether oxygens (including phenoxy) is 1. The Morgan fingerprint density at radius 2 is 1.96 bits per heavy atom. The summed E-state index contributed by atoms with van der Waals surface area (Å²) in [6.07, 6.45) is 5.03. The van der Waals surface area contributed by atoms with Gasteiger partial charge in [-0.2, -0.15) is 5.10 Å². The van der Waals surface area contributed by atoms with Crippen LogP contribution in [-0.4, -0.2) is 21.9 Å². The number of hydrogen-bond acceptors (Lipinski definition) is 3. The quantitative estimate of drug-likeness (QED) is 0.693. The Hall–Kier alpha value is -2.83. The fraction of sp³-hybridized carbons (Fsp3) is 0.222. The molecular weight excluding hydrogens is 331 g/mol. The van der Waals surface area contributed by atoms with Crippen molar-refractivity contribution in [2.45, 2.75) is 19.4 Å². The van der Waals surface area contributed by atoms with Gasteiger partial charge in [-0.05, 0) is 29.8 Å². The summed E-state index contributed by atoms with van der Waals surface area (Å²) >= 11 is 0. The Labute approximate surface area is 142 Å². The highest BCUT2D eigenvalue weighted by molar-refractivity contribution is 5.59. The van der Waals surface area contributed by atoms with Crippen LogP contribution in [0.15, 0.2) is 48.9 Å². The van der Waals surface area contributed by atoms with Crippen molar-refractivity contribution in [1.82, 2.24) is 14.8 Å². The molecule has 0 amide bonds. The molecule has 0 aliphatic rings. The lowest BCUT2D eigenvalue weighted by Gasteiger charge is -2.12. The third kappa shape index (κ3) is 3.81. The van der Waals surface area contributed by atoms with Crippen molar-refractivity contribution in [2.24, 2.45) is 0 Å². The third-order valence-electron chi connectivity index (χ3n) is 3.73. The molecule has 130 valence electrons. The number of pyridine rings is 1. The van der Waals surface area contributed by atoms with E-state index in [0.29, 0.717) is 30.5 Å². The van der Waals surface area contributed by atoms with Gasteiger partial charge in [-0.3, -0.25) is 9.67 Å². The number of rotatable bonds is 5. The maximum atomic E-state index is 13.9. The Kier molecular flexibility index (Phi) is 4.48. The first-order chi connectivity index (χ1) is 11.9. The van der Waals surface area contributed by atoms with Gasteiger partial charge in [-0.15, -0.1) is 0 Å². The van der Waals surface area contributed by atoms with Crippen molar-refractivity contribution in [1.29, 1.82) is 0 Å². The van der Waals surface area contributed by atoms with Crippen molar-refractivity contribution >= 4 is 0 Å². The van der Waals surface area contributed by atoms with E-state index < -0.39 is 17.3 Å². The first-order valence-electron chi connectivity index (χ1n) is 7.56. The largest absolute Gasteiger partial charge is 0.495 e. The van der Waals surface area contributed by atoms with Crippen molar-refractivity contribution < 1.29 is 17.9 Å². The van der Waals surface area contributed by atoms with Gasteiger partial charge in [-0.1, -0.05) is 6.07 Å². The van der Waals surface area contributed by atoms with E-state index in [0.717, 1.165) is 17.7 Å². The summed E-state index contributed by atoms with van der Waals surface area (Å²) in [5, 5.41) is 4.36. The third-order valence-corrected chi connectivity index (χ3v) is 3.73. The fourth-order valence-electron chi connectivity index (χ4n) is 2.48. The first kappa shape index (κ1) is 17.0. The molecule has 25 heavy (non-hydrogen) atoms. The molecule has 3 rings (SSSR count). The van der Waals surface area contributed by atoms with Gasteiger partial charge >= 0.3 is 0 Å². The molecule has 0 unspecified atom stereocenters. The number of benzene rings is 1. The molecule has 0 radical (unpaired) electrons. The zero-order valence-corrected chi connectivity index (χ0v) is 13.7. The summed E-state index contributed by atoms with van der Waals surface area (Å²) in [6, 6.07) is 7.15. The minimum atomic E-state index is -3.22. The van der Waals surface area contributed by atoms with E-state index in [1.165, 1.54) is 6.07 Å². The standard InChI is InChI=1S/C18H16F3N3O/c1-18(20,21)15-4-3-13(8-16(15)19)17-5-6-24(23-17)11-12-7-14(25-2)10-22-9-12/h3-10H,11H2,1-2H3. The molecule has 2 heterocycles. The molecule has 0 bridgehead atoms. The maximum Gasteiger partial charge on any atom is 0.273 e. The molecule has 0 N–H and O–H groups in total. The van der Waals surface area contributed by atoms with Crippen molar-refractivity contribution in [3.05, 3.63) is 65.9 Å². The fourth-order valence-corrected chi connectivity index (χ4v) is 2.48. The van der Waals surface area contributed by atoms with Gasteiger partial charge in [0.2, 0.25) is 0 Å². The summed E-state index contributed by atoms with van der Waals surface area (Å²) in [5.74, 6) is -3.53. The van der Waals surface area contributed by atoms with Crippen LogP contribution < -0.4 is 4.74 Å². The lowest BCUT2D eigenvalue weighted by Crippen LogP contribution is -2.09. The summed E-state index contributed by atoms with van der Waals surface area (Å²) in [5.41, 5.74) is 1.20. The predicted octanol–water partition coefficient (Wildman–Crippen LogP) is 4.25. The molecular formula is C18H16F3N3O. The van der Waals surface area contributed by atoms with Crippen molar-refractivity contribution in [3.63, 3.8) is 0 Å². The van der Waals surface area contributed by atoms with E-state index in [9.17, 15) is 13.2 Å². The molecule has 0 saturated heterocycles. The number of alkyl halides is 2. The highest BCUT2D eigenvalue weighted by Crippen LogP contribution is 2.31. The molecule has 7 heteroatoms. The predicted molar refractivity (Wildman–Crippen MR) is 87.1 cm³/mol. The van der Waals surface area contributed by atoms with Crippen LogP contribution in [0, 0.1) is 5.82 Å². The lowest BCUT2D eigenvalue weighted by molar-refractivity contribution is 0.0138. The number of methoxy groups -OCH3 is 1. The Balaban J connectivity index is 1.82. The number of nitrogens with zero attached hydrogens (tertiary/aromatic N) is 3. The minimum Gasteiger partial charge on any atom is -0.495 e. The normalized spacial score (nSPS) is 11.6. The van der Waals surface area contributed by atoms with Gasteiger partial charge in [0, 0.05) is 24.9 Å². The molecule has 4 nitrogen and oxygen atoms in total. The van der Waals surface area contributed by atoms with E-state index in [4.69, 9.17) is 4.74 Å². The second kappa shape index (κ2) is 6.58. The highest BCUT2D eigenvalue weighted by Gasteiger charge is 2.28. The summed E-state index contributed by atoms with van der Waals surface area (Å²) in [6.45, 7) is 1.12. The van der Waals surface area contributed by atoms with Gasteiger partial charge in [0.05, 0.1) is 31.1 Å². The lowest BCUT2D eigenvalue weighted by atomic mass is 10.0. The van der Waals surface area contributed by atoms with E-state index >= 15 is 0 Å². The van der Waals surface area contributed by atoms with E-state index in [2.05, 4.69) is 10.1 Å². The van der Waals surface area contributed by atoms with Crippen LogP contribution in [0.2, 0.25) is 0 Å². The van der Waals surface area contributed by atoms with Crippen LogP contribution in [0.3, 0.4) is 0 Å². The number of aromatic nitrogens is 3. The molecule has 0 aliphatic heterocycles. The van der Waals surface area contributed by atoms with Gasteiger partial charge < -0.3 is 4.74 Å². The topological polar surface area (TPSA) is 39.9 Å². The minimum absolute atomic E-state index is 0.438. The Morgan fingerprint density at radius 3 is 2.64 bits per heavy atom. The Bertz CT molecular complexity index is 887. The van der Waals surface area contributed by atoms with E-state index in [-0.39, 0.29) is 0 Å². The smallest absolute Gasteiger partial charge is 0.273 e. The van der Waals surface area contributed by atoms with Crippen LogP contribution in [-0.2, 0) is 12.5 Å². The van der Waals surface area contributed by atoms with Crippen LogP contribution in [0.4, 0.5) is 13.2 Å². The average molecular weight is 347 g/mol. The number of halogens is 3. The Morgan fingerprint density at radius 1 is 1.16 bits per heavy atom. The van der Waals surface area contributed by atoms with E-state index in [1.807, 2.05) is 6.07 Å². The monoisotopic (exact) mass is 347 g/mol. The molecule has 2 aromatic heterocycles. The van der Waals surface area contributed by atoms with Crippen LogP contribution in [0.25, 0.3) is 11.3 Å². The van der Waals surface area contributed by atoms with Gasteiger partial charge in [-0.25, -0.2) is 13.2 Å². The van der Waals surface area contributed by atoms with Crippen LogP contribution in [0.5, 0.6) is 5.75 Å². The molecule has 3 aromatic rings. The summed E-state index contributed by atoms with van der Waals surface area (Å²) in [4.78, 5) is 4.07. The average Bonchev–Trinajstić information content (AvgIpc) is 3.02. The molecule has 0 aliphatic carbocycles. The van der Waals surface area contributed by atoms with Gasteiger partial charge in [0.1, 0.15) is 11.6 Å². The van der Waals surface area contributed by atoms with Crippen molar-refractivity contribution in [3.8, 4) is 17.0 Å². The SMILES string of the molecule is COc1cncc(Cn2ccc(-c3ccc(C(C)(F)F)c(F)c3)n2)c1. The maximum absolute atomic E-state index is 13.9. The molecule has 1 aromatic carbocycles. The zero-order valence-electron chi connectivity index (χ0n) is 13.7. The molecule has 0 spiro atoms. The van der Waals surface area contributed by atoms with Gasteiger partial charge in [0.25, 0.3) is 5.92 Å². The summed E-state index contributed by atoms with van der Waals surface area (Å²) < 4.78 is 47.3. The first-order valence-corrected chi connectivity index (χ1v) is 7.56. The van der Waals surface area contributed by atoms with E-state index in [1.54, 1.807) is 36.4 Å².